The number of hydrogen-bond donors (Lipinski definition) is 2. The highest BCUT2D eigenvalue weighted by atomic mass is 16.5. The standard InChI is InChI=1S/C20H22N4O3/c1-24-19(25)17-6-4-3-5-16(17)18(23-24)13-22-20(26)21-12-11-14-7-9-15(27-2)10-8-14/h3-10H,11-13H2,1-2H3,(H2,21,22,26). The van der Waals surface area contributed by atoms with Gasteiger partial charge in [-0.3, -0.25) is 4.79 Å². The van der Waals surface area contributed by atoms with Crippen LogP contribution in [0.3, 0.4) is 0 Å². The summed E-state index contributed by atoms with van der Waals surface area (Å²) in [7, 11) is 3.23. The second kappa shape index (κ2) is 8.35. The summed E-state index contributed by atoms with van der Waals surface area (Å²) in [5.74, 6) is 0.807. The number of methoxy groups -OCH3 is 1. The Morgan fingerprint density at radius 2 is 1.78 bits per heavy atom. The molecule has 0 bridgehead atoms. The normalized spacial score (nSPS) is 10.6. The molecule has 0 radical (unpaired) electrons. The van der Waals surface area contributed by atoms with Gasteiger partial charge in [0.1, 0.15) is 5.75 Å². The summed E-state index contributed by atoms with van der Waals surface area (Å²) in [5.41, 5.74) is 1.61. The number of carbonyl (C=O) groups is 1. The molecule has 3 rings (SSSR count). The number of nitrogens with one attached hydrogen (secondary N) is 2. The Morgan fingerprint density at radius 1 is 1.07 bits per heavy atom. The Bertz CT molecular complexity index is 996. The summed E-state index contributed by atoms with van der Waals surface area (Å²) in [4.78, 5) is 24.2. The molecule has 7 nitrogen and oxygen atoms in total. The monoisotopic (exact) mass is 366 g/mol. The number of nitrogens with zero attached hydrogens (tertiary/aromatic N) is 2. The van der Waals surface area contributed by atoms with E-state index in [9.17, 15) is 9.59 Å². The second-order valence-electron chi connectivity index (χ2n) is 6.13. The van der Waals surface area contributed by atoms with Crippen molar-refractivity contribution in [1.82, 2.24) is 20.4 Å². The molecular weight excluding hydrogens is 344 g/mol. The predicted octanol–water partition coefficient (Wildman–Crippen LogP) is 1.98. The van der Waals surface area contributed by atoms with E-state index in [1.807, 2.05) is 42.5 Å². The molecule has 0 saturated heterocycles. The number of carbonyl (C=O) groups excluding carboxylic acids is 1. The van der Waals surface area contributed by atoms with Gasteiger partial charge >= 0.3 is 6.03 Å². The molecule has 0 aliphatic rings. The van der Waals surface area contributed by atoms with Crippen molar-refractivity contribution in [3.05, 3.63) is 70.1 Å². The van der Waals surface area contributed by atoms with Crippen molar-refractivity contribution in [3.8, 4) is 5.75 Å². The Kier molecular flexibility index (Phi) is 5.71. The van der Waals surface area contributed by atoms with Crippen LogP contribution in [0.15, 0.2) is 53.3 Å². The van der Waals surface area contributed by atoms with Crippen LogP contribution in [0, 0.1) is 0 Å². The summed E-state index contributed by atoms with van der Waals surface area (Å²) >= 11 is 0. The fraction of sp³-hybridized carbons (Fsp3) is 0.250. The minimum absolute atomic E-state index is 0.154. The third kappa shape index (κ3) is 4.44. The van der Waals surface area contributed by atoms with E-state index in [1.54, 1.807) is 20.2 Å². The summed E-state index contributed by atoms with van der Waals surface area (Å²) in [5, 5.41) is 11.2. The lowest BCUT2D eigenvalue weighted by Gasteiger charge is -2.10. The average molecular weight is 366 g/mol. The molecule has 1 aromatic heterocycles. The Hall–Kier alpha value is -3.35. The minimum atomic E-state index is -0.275. The quantitative estimate of drug-likeness (QED) is 0.699. The largest absolute Gasteiger partial charge is 0.497 e. The zero-order chi connectivity index (χ0) is 19.2. The molecule has 1 heterocycles. The molecule has 2 amide bonds. The van der Waals surface area contributed by atoms with Crippen molar-refractivity contribution in [2.75, 3.05) is 13.7 Å². The van der Waals surface area contributed by atoms with Crippen LogP contribution in [-0.2, 0) is 20.0 Å². The molecule has 0 saturated carbocycles. The molecule has 2 aromatic carbocycles. The fourth-order valence-electron chi connectivity index (χ4n) is 2.85. The number of urea groups is 1. The SMILES string of the molecule is COc1ccc(CCNC(=O)NCc2nn(C)c(=O)c3ccccc23)cc1. The maximum atomic E-state index is 12.1. The van der Waals surface area contributed by atoms with Gasteiger partial charge in [-0.2, -0.15) is 5.10 Å². The molecule has 0 unspecified atom stereocenters. The van der Waals surface area contributed by atoms with Gasteiger partial charge in [0.05, 0.1) is 24.7 Å². The number of fused-ring (bicyclic) bond motifs is 1. The van der Waals surface area contributed by atoms with Crippen molar-refractivity contribution in [3.63, 3.8) is 0 Å². The first-order chi connectivity index (χ1) is 13.1. The maximum absolute atomic E-state index is 12.1. The van der Waals surface area contributed by atoms with E-state index in [1.165, 1.54) is 4.68 Å². The minimum Gasteiger partial charge on any atom is -0.497 e. The van der Waals surface area contributed by atoms with Gasteiger partial charge in [0.25, 0.3) is 5.56 Å². The van der Waals surface area contributed by atoms with Gasteiger partial charge < -0.3 is 15.4 Å². The highest BCUT2D eigenvalue weighted by molar-refractivity contribution is 5.84. The van der Waals surface area contributed by atoms with Gasteiger partial charge in [-0.25, -0.2) is 9.48 Å². The van der Waals surface area contributed by atoms with Crippen LogP contribution in [0.2, 0.25) is 0 Å². The zero-order valence-electron chi connectivity index (χ0n) is 15.4. The molecule has 2 N–H and O–H groups in total. The van der Waals surface area contributed by atoms with Gasteiger partial charge in [0, 0.05) is 19.0 Å². The van der Waals surface area contributed by atoms with E-state index < -0.39 is 0 Å². The van der Waals surface area contributed by atoms with E-state index in [4.69, 9.17) is 4.74 Å². The van der Waals surface area contributed by atoms with Crippen LogP contribution in [0.25, 0.3) is 10.8 Å². The van der Waals surface area contributed by atoms with Gasteiger partial charge in [-0.15, -0.1) is 0 Å². The predicted molar refractivity (Wildman–Crippen MR) is 104 cm³/mol. The first-order valence-corrected chi connectivity index (χ1v) is 8.68. The molecule has 27 heavy (non-hydrogen) atoms. The molecule has 0 aliphatic heterocycles. The van der Waals surface area contributed by atoms with E-state index >= 15 is 0 Å². The Labute approximate surface area is 157 Å². The molecular formula is C20H22N4O3. The van der Waals surface area contributed by atoms with Crippen molar-refractivity contribution in [2.45, 2.75) is 13.0 Å². The van der Waals surface area contributed by atoms with Crippen molar-refractivity contribution < 1.29 is 9.53 Å². The number of ether oxygens (including phenoxy) is 1. The molecule has 7 heteroatoms. The molecule has 0 aliphatic carbocycles. The number of rotatable bonds is 6. The number of amides is 2. The van der Waals surface area contributed by atoms with E-state index in [-0.39, 0.29) is 18.1 Å². The fourth-order valence-corrected chi connectivity index (χ4v) is 2.85. The molecule has 0 spiro atoms. The van der Waals surface area contributed by atoms with Crippen LogP contribution in [0.5, 0.6) is 5.75 Å². The van der Waals surface area contributed by atoms with E-state index in [0.717, 1.165) is 23.1 Å². The summed E-state index contributed by atoms with van der Waals surface area (Å²) in [6.45, 7) is 0.753. The highest BCUT2D eigenvalue weighted by Gasteiger charge is 2.09. The Morgan fingerprint density at radius 3 is 2.48 bits per heavy atom. The van der Waals surface area contributed by atoms with Crippen molar-refractivity contribution in [1.29, 1.82) is 0 Å². The maximum Gasteiger partial charge on any atom is 0.315 e. The number of aryl methyl sites for hydroxylation is 1. The topological polar surface area (TPSA) is 85.2 Å². The number of hydrogen-bond acceptors (Lipinski definition) is 4. The van der Waals surface area contributed by atoms with Crippen LogP contribution in [0.4, 0.5) is 4.79 Å². The van der Waals surface area contributed by atoms with Crippen LogP contribution in [-0.4, -0.2) is 29.5 Å². The van der Waals surface area contributed by atoms with Gasteiger partial charge in [-0.1, -0.05) is 30.3 Å². The second-order valence-corrected chi connectivity index (χ2v) is 6.13. The molecule has 0 fully saturated rings. The van der Waals surface area contributed by atoms with Crippen LogP contribution in [0.1, 0.15) is 11.3 Å². The first kappa shape index (κ1) is 18.4. The zero-order valence-corrected chi connectivity index (χ0v) is 15.4. The Balaban J connectivity index is 1.55. The third-order valence-electron chi connectivity index (χ3n) is 4.31. The van der Waals surface area contributed by atoms with Crippen molar-refractivity contribution >= 4 is 16.8 Å². The molecule has 140 valence electrons. The lowest BCUT2D eigenvalue weighted by molar-refractivity contribution is 0.240. The lowest BCUT2D eigenvalue weighted by Crippen LogP contribution is -2.37. The number of aromatic nitrogens is 2. The first-order valence-electron chi connectivity index (χ1n) is 8.68. The summed E-state index contributed by atoms with van der Waals surface area (Å²) in [6, 6.07) is 14.7. The van der Waals surface area contributed by atoms with Gasteiger partial charge in [-0.05, 0) is 30.2 Å². The highest BCUT2D eigenvalue weighted by Crippen LogP contribution is 2.13. The number of benzene rings is 2. The smallest absolute Gasteiger partial charge is 0.315 e. The van der Waals surface area contributed by atoms with Gasteiger partial charge in [0.2, 0.25) is 0 Å². The van der Waals surface area contributed by atoms with Crippen LogP contribution < -0.4 is 20.9 Å². The van der Waals surface area contributed by atoms with E-state index in [2.05, 4.69) is 15.7 Å². The summed E-state index contributed by atoms with van der Waals surface area (Å²) in [6.07, 6.45) is 0.721. The van der Waals surface area contributed by atoms with E-state index in [0.29, 0.717) is 17.6 Å². The lowest BCUT2D eigenvalue weighted by atomic mass is 10.1. The van der Waals surface area contributed by atoms with Crippen molar-refractivity contribution in [2.24, 2.45) is 7.05 Å². The van der Waals surface area contributed by atoms with Crippen LogP contribution >= 0.6 is 0 Å². The molecule has 3 aromatic rings. The van der Waals surface area contributed by atoms with Gasteiger partial charge in [0.15, 0.2) is 0 Å². The third-order valence-corrected chi connectivity index (χ3v) is 4.31. The molecule has 0 atom stereocenters. The summed E-state index contributed by atoms with van der Waals surface area (Å²) < 4.78 is 6.42. The average Bonchev–Trinajstić information content (AvgIpc) is 2.70.